The molecule has 116 valence electrons. The van der Waals surface area contributed by atoms with Crippen molar-refractivity contribution in [3.8, 4) is 11.5 Å². The van der Waals surface area contributed by atoms with Crippen LogP contribution in [0, 0.1) is 5.41 Å². The zero-order valence-corrected chi connectivity index (χ0v) is 13.6. The molecule has 22 heavy (non-hydrogen) atoms. The van der Waals surface area contributed by atoms with Crippen LogP contribution in [0.15, 0.2) is 48.1 Å². The standard InChI is InChI=1S/C19H22O3/c1-14(9-10-20)5-6-15-12-19(2,3)13-22-18-8-7-16(21-4)11-17(15)18/h5-12H,13H2,1-4H3/b6-5+,14-9?. The minimum absolute atomic E-state index is 0.0752. The van der Waals surface area contributed by atoms with Crippen LogP contribution in [0.5, 0.6) is 11.5 Å². The van der Waals surface area contributed by atoms with E-state index in [1.807, 2.05) is 37.3 Å². The predicted octanol–water partition coefficient (Wildman–Crippen LogP) is 4.20. The second-order valence-electron chi connectivity index (χ2n) is 6.12. The third kappa shape index (κ3) is 3.88. The van der Waals surface area contributed by atoms with Crippen molar-refractivity contribution in [3.05, 3.63) is 53.6 Å². The molecule has 0 amide bonds. The molecule has 3 nitrogen and oxygen atoms in total. The minimum atomic E-state index is -0.0752. The van der Waals surface area contributed by atoms with E-state index in [2.05, 4.69) is 19.9 Å². The summed E-state index contributed by atoms with van der Waals surface area (Å²) in [5, 5.41) is 0. The van der Waals surface area contributed by atoms with Gasteiger partial charge in [0, 0.05) is 11.0 Å². The number of fused-ring (bicyclic) bond motifs is 1. The molecule has 0 atom stereocenters. The van der Waals surface area contributed by atoms with Crippen LogP contribution in [-0.2, 0) is 4.79 Å². The van der Waals surface area contributed by atoms with E-state index in [4.69, 9.17) is 9.47 Å². The monoisotopic (exact) mass is 298 g/mol. The molecule has 2 rings (SSSR count). The molecule has 1 aliphatic heterocycles. The van der Waals surface area contributed by atoms with Crippen LogP contribution in [0.2, 0.25) is 0 Å². The van der Waals surface area contributed by atoms with Crippen LogP contribution in [-0.4, -0.2) is 20.0 Å². The van der Waals surface area contributed by atoms with Crippen LogP contribution >= 0.6 is 0 Å². The number of hydrogen-bond acceptors (Lipinski definition) is 3. The molecule has 1 aromatic rings. The first-order valence-corrected chi connectivity index (χ1v) is 7.29. The van der Waals surface area contributed by atoms with Crippen LogP contribution < -0.4 is 9.47 Å². The average molecular weight is 298 g/mol. The molecular weight excluding hydrogens is 276 g/mol. The molecule has 0 unspecified atom stereocenters. The number of benzene rings is 1. The fraction of sp³-hybridized carbons (Fsp3) is 0.316. The molecule has 1 aliphatic rings. The summed E-state index contributed by atoms with van der Waals surface area (Å²) < 4.78 is 11.3. The van der Waals surface area contributed by atoms with Gasteiger partial charge in [-0.1, -0.05) is 32.1 Å². The van der Waals surface area contributed by atoms with Gasteiger partial charge in [0.05, 0.1) is 13.7 Å². The highest BCUT2D eigenvalue weighted by molar-refractivity contribution is 5.80. The van der Waals surface area contributed by atoms with Crippen LogP contribution in [0.4, 0.5) is 0 Å². The fourth-order valence-corrected chi connectivity index (χ4v) is 2.31. The average Bonchev–Trinajstić information content (AvgIpc) is 2.61. The highest BCUT2D eigenvalue weighted by atomic mass is 16.5. The van der Waals surface area contributed by atoms with Gasteiger partial charge in [0.25, 0.3) is 0 Å². The van der Waals surface area contributed by atoms with Crippen molar-refractivity contribution in [2.24, 2.45) is 5.41 Å². The van der Waals surface area contributed by atoms with Crippen molar-refractivity contribution in [2.75, 3.05) is 13.7 Å². The fourth-order valence-electron chi connectivity index (χ4n) is 2.31. The number of methoxy groups -OCH3 is 1. The summed E-state index contributed by atoms with van der Waals surface area (Å²) in [4.78, 5) is 10.5. The maximum Gasteiger partial charge on any atom is 0.143 e. The van der Waals surface area contributed by atoms with Gasteiger partial charge in [-0.05, 0) is 42.3 Å². The SMILES string of the molecule is COc1ccc2c(c1)C(/C=C/C(C)=CC=O)=CC(C)(C)CO2. The largest absolute Gasteiger partial charge is 0.497 e. The van der Waals surface area contributed by atoms with Crippen molar-refractivity contribution in [3.63, 3.8) is 0 Å². The van der Waals surface area contributed by atoms with E-state index in [0.29, 0.717) is 6.61 Å². The van der Waals surface area contributed by atoms with Crippen molar-refractivity contribution >= 4 is 11.9 Å². The number of carbonyl (C=O) groups is 1. The van der Waals surface area contributed by atoms with Crippen LogP contribution in [0.25, 0.3) is 5.57 Å². The lowest BCUT2D eigenvalue weighted by Gasteiger charge is -2.18. The number of ether oxygens (including phenoxy) is 2. The van der Waals surface area contributed by atoms with Gasteiger partial charge in [-0.15, -0.1) is 0 Å². The van der Waals surface area contributed by atoms with Gasteiger partial charge in [-0.25, -0.2) is 0 Å². The summed E-state index contributed by atoms with van der Waals surface area (Å²) in [6.45, 7) is 6.79. The molecule has 0 fully saturated rings. The lowest BCUT2D eigenvalue weighted by molar-refractivity contribution is -0.104. The van der Waals surface area contributed by atoms with Gasteiger partial charge in [0.2, 0.25) is 0 Å². The maximum absolute atomic E-state index is 10.5. The molecule has 0 spiro atoms. The van der Waals surface area contributed by atoms with E-state index in [1.165, 1.54) is 0 Å². The summed E-state index contributed by atoms with van der Waals surface area (Å²) in [5.41, 5.74) is 2.90. The molecular formula is C19H22O3. The molecule has 1 aromatic carbocycles. The van der Waals surface area contributed by atoms with E-state index in [0.717, 1.165) is 34.5 Å². The van der Waals surface area contributed by atoms with Gasteiger partial charge in [-0.2, -0.15) is 0 Å². The lowest BCUT2D eigenvalue weighted by Crippen LogP contribution is -2.17. The van der Waals surface area contributed by atoms with Gasteiger partial charge < -0.3 is 9.47 Å². The van der Waals surface area contributed by atoms with Crippen LogP contribution in [0.3, 0.4) is 0 Å². The molecule has 0 saturated heterocycles. The Kier molecular flexibility index (Phi) is 4.86. The quantitative estimate of drug-likeness (QED) is 0.475. The first-order valence-electron chi connectivity index (χ1n) is 7.29. The normalized spacial score (nSPS) is 17.3. The highest BCUT2D eigenvalue weighted by Gasteiger charge is 2.23. The molecule has 3 heteroatoms. The Bertz CT molecular complexity index is 649. The Morgan fingerprint density at radius 2 is 2.14 bits per heavy atom. The van der Waals surface area contributed by atoms with Gasteiger partial charge in [0.15, 0.2) is 0 Å². The Labute approximate surface area is 131 Å². The number of rotatable bonds is 4. The van der Waals surface area contributed by atoms with E-state index >= 15 is 0 Å². The molecule has 0 N–H and O–H groups in total. The van der Waals surface area contributed by atoms with Crippen molar-refractivity contribution in [1.82, 2.24) is 0 Å². The summed E-state index contributed by atoms with van der Waals surface area (Å²) in [6.07, 6.45) is 8.49. The van der Waals surface area contributed by atoms with Crippen LogP contribution in [0.1, 0.15) is 26.3 Å². The van der Waals surface area contributed by atoms with Gasteiger partial charge in [-0.3, -0.25) is 4.79 Å². The molecule has 0 radical (unpaired) electrons. The number of aldehydes is 1. The van der Waals surface area contributed by atoms with Gasteiger partial charge in [0.1, 0.15) is 17.8 Å². The first-order chi connectivity index (χ1) is 10.4. The van der Waals surface area contributed by atoms with E-state index in [-0.39, 0.29) is 5.41 Å². The highest BCUT2D eigenvalue weighted by Crippen LogP contribution is 2.37. The smallest absolute Gasteiger partial charge is 0.143 e. The maximum atomic E-state index is 10.5. The Morgan fingerprint density at radius 3 is 2.82 bits per heavy atom. The predicted molar refractivity (Wildman–Crippen MR) is 89.2 cm³/mol. The number of hydrogen-bond donors (Lipinski definition) is 0. The summed E-state index contributed by atoms with van der Waals surface area (Å²) in [5.74, 6) is 1.64. The van der Waals surface area contributed by atoms with E-state index in [1.54, 1.807) is 13.2 Å². The second-order valence-corrected chi connectivity index (χ2v) is 6.12. The lowest BCUT2D eigenvalue weighted by atomic mass is 9.90. The molecule has 0 bridgehead atoms. The molecule has 0 aliphatic carbocycles. The van der Waals surface area contributed by atoms with Crippen molar-refractivity contribution < 1.29 is 14.3 Å². The zero-order valence-electron chi connectivity index (χ0n) is 13.6. The minimum Gasteiger partial charge on any atom is -0.497 e. The summed E-state index contributed by atoms with van der Waals surface area (Å²) in [6, 6.07) is 5.81. The second kappa shape index (κ2) is 6.65. The summed E-state index contributed by atoms with van der Waals surface area (Å²) in [7, 11) is 1.65. The third-order valence-corrected chi connectivity index (χ3v) is 3.50. The number of carbonyl (C=O) groups excluding carboxylic acids is 1. The van der Waals surface area contributed by atoms with Crippen molar-refractivity contribution in [1.29, 1.82) is 0 Å². The zero-order chi connectivity index (χ0) is 16.2. The van der Waals surface area contributed by atoms with Crippen molar-refractivity contribution in [2.45, 2.75) is 20.8 Å². The first kappa shape index (κ1) is 16.1. The number of allylic oxidation sites excluding steroid dienone is 5. The molecule has 0 aromatic heterocycles. The summed E-state index contributed by atoms with van der Waals surface area (Å²) >= 11 is 0. The van der Waals surface area contributed by atoms with E-state index in [9.17, 15) is 4.79 Å². The molecule has 0 saturated carbocycles. The Hall–Kier alpha value is -2.29. The Morgan fingerprint density at radius 1 is 1.36 bits per heavy atom. The third-order valence-electron chi connectivity index (χ3n) is 3.50. The Balaban J connectivity index is 2.50. The van der Waals surface area contributed by atoms with Gasteiger partial charge >= 0.3 is 0 Å². The van der Waals surface area contributed by atoms with E-state index < -0.39 is 0 Å². The topological polar surface area (TPSA) is 35.5 Å². The molecule has 1 heterocycles.